The molecule has 132 valence electrons. The van der Waals surface area contributed by atoms with Gasteiger partial charge in [-0.25, -0.2) is 0 Å². The zero-order valence-electron chi connectivity index (χ0n) is 13.2. The molecule has 1 aliphatic rings. The van der Waals surface area contributed by atoms with Crippen LogP contribution in [0.15, 0.2) is 18.2 Å². The van der Waals surface area contributed by atoms with Gasteiger partial charge in [0, 0.05) is 24.2 Å². The first-order chi connectivity index (χ1) is 11.4. The van der Waals surface area contributed by atoms with Crippen LogP contribution in [0.4, 0.5) is 0 Å². The molecule has 8 heteroatoms. The summed E-state index contributed by atoms with van der Waals surface area (Å²) in [7, 11) is 0. The predicted molar refractivity (Wildman–Crippen MR) is 95.0 cm³/mol. The van der Waals surface area contributed by atoms with Gasteiger partial charge in [0.25, 0.3) is 5.91 Å². The second-order valence-corrected chi connectivity index (χ2v) is 7.14. The maximum Gasteiger partial charge on any atom is 0.258 e. The molecule has 0 aromatic heterocycles. The molecule has 5 nitrogen and oxygen atoms in total. The molecule has 0 aliphatic carbocycles. The number of rotatable bonds is 5. The number of hydrogen-bond acceptors (Lipinski definition) is 3. The van der Waals surface area contributed by atoms with Crippen molar-refractivity contribution >= 4 is 46.6 Å². The van der Waals surface area contributed by atoms with Gasteiger partial charge in [-0.15, -0.1) is 11.6 Å². The van der Waals surface area contributed by atoms with Gasteiger partial charge < -0.3 is 15.0 Å². The molecule has 0 radical (unpaired) electrons. The fourth-order valence-corrected chi connectivity index (χ4v) is 3.10. The van der Waals surface area contributed by atoms with Crippen LogP contribution in [0, 0.1) is 0 Å². The van der Waals surface area contributed by atoms with E-state index in [9.17, 15) is 9.59 Å². The summed E-state index contributed by atoms with van der Waals surface area (Å²) >= 11 is 17.6. The van der Waals surface area contributed by atoms with Crippen LogP contribution < -0.4 is 10.1 Å². The number of halogens is 3. The number of carbonyl (C=O) groups excluding carboxylic acids is 2. The highest BCUT2D eigenvalue weighted by Gasteiger charge is 2.25. The van der Waals surface area contributed by atoms with Gasteiger partial charge in [-0.3, -0.25) is 9.59 Å². The minimum atomic E-state index is -0.520. The van der Waals surface area contributed by atoms with Crippen molar-refractivity contribution in [2.24, 2.45) is 0 Å². The Morgan fingerprint density at radius 1 is 1.33 bits per heavy atom. The fourth-order valence-electron chi connectivity index (χ4n) is 2.50. The molecule has 1 fully saturated rings. The topological polar surface area (TPSA) is 58.6 Å². The molecule has 0 bridgehead atoms. The summed E-state index contributed by atoms with van der Waals surface area (Å²) in [6.07, 6.45) is 1.39. The maximum atomic E-state index is 12.0. The number of ether oxygens (including phenoxy) is 1. The summed E-state index contributed by atoms with van der Waals surface area (Å²) in [6, 6.07) is 4.85. The molecular weight excluding hydrogens is 375 g/mol. The lowest BCUT2D eigenvalue weighted by molar-refractivity contribution is -0.131. The minimum absolute atomic E-state index is 0.0245. The first-order valence-corrected chi connectivity index (χ1v) is 8.86. The molecule has 1 saturated heterocycles. The van der Waals surface area contributed by atoms with E-state index in [0.29, 0.717) is 41.7 Å². The van der Waals surface area contributed by atoms with Crippen LogP contribution in [-0.4, -0.2) is 47.8 Å². The van der Waals surface area contributed by atoms with Gasteiger partial charge >= 0.3 is 0 Å². The first kappa shape index (κ1) is 19.2. The van der Waals surface area contributed by atoms with Crippen LogP contribution in [0.1, 0.15) is 19.8 Å². The molecule has 1 aliphatic heterocycles. The molecule has 1 atom stereocenters. The quantitative estimate of drug-likeness (QED) is 0.782. The molecule has 1 aromatic rings. The van der Waals surface area contributed by atoms with E-state index < -0.39 is 5.38 Å². The number of amides is 2. The summed E-state index contributed by atoms with van der Waals surface area (Å²) in [6.45, 7) is 2.71. The molecule has 0 saturated carbocycles. The number of benzene rings is 1. The molecular formula is C16H19Cl3N2O3. The third kappa shape index (κ3) is 5.43. The van der Waals surface area contributed by atoms with Gasteiger partial charge in [-0.2, -0.15) is 0 Å². The molecule has 24 heavy (non-hydrogen) atoms. The van der Waals surface area contributed by atoms with Crippen LogP contribution in [0.3, 0.4) is 0 Å². The third-order valence-corrected chi connectivity index (χ3v) is 4.48. The number of likely N-dealkylation sites (tertiary alicyclic amines) is 1. The lowest BCUT2D eigenvalue weighted by atomic mass is 10.0. The summed E-state index contributed by atoms with van der Waals surface area (Å²) in [5, 5.41) is 3.25. The summed E-state index contributed by atoms with van der Waals surface area (Å²) in [5.74, 6) is 0.117. The maximum absolute atomic E-state index is 12.0. The van der Waals surface area contributed by atoms with E-state index in [1.165, 1.54) is 0 Å². The number of nitrogens with one attached hydrogen (secondary N) is 1. The average molecular weight is 394 g/mol. The van der Waals surface area contributed by atoms with Crippen molar-refractivity contribution in [1.82, 2.24) is 10.2 Å². The molecule has 1 aromatic carbocycles. The van der Waals surface area contributed by atoms with Gasteiger partial charge in [0.1, 0.15) is 11.1 Å². The van der Waals surface area contributed by atoms with E-state index in [4.69, 9.17) is 39.5 Å². The third-order valence-electron chi connectivity index (χ3n) is 3.76. The van der Waals surface area contributed by atoms with Crippen molar-refractivity contribution in [1.29, 1.82) is 0 Å². The van der Waals surface area contributed by atoms with Gasteiger partial charge in [-0.05, 0) is 38.0 Å². The van der Waals surface area contributed by atoms with Crippen LogP contribution in [0.5, 0.6) is 5.75 Å². The molecule has 0 spiro atoms. The van der Waals surface area contributed by atoms with Gasteiger partial charge in [0.15, 0.2) is 6.61 Å². The van der Waals surface area contributed by atoms with Crippen molar-refractivity contribution in [3.63, 3.8) is 0 Å². The second-order valence-electron chi connectivity index (χ2n) is 5.65. The number of alkyl halides is 1. The average Bonchev–Trinajstić information content (AvgIpc) is 2.54. The number of piperidine rings is 1. The zero-order valence-corrected chi connectivity index (χ0v) is 15.5. The van der Waals surface area contributed by atoms with Crippen molar-refractivity contribution in [2.75, 3.05) is 19.7 Å². The fraction of sp³-hybridized carbons (Fsp3) is 0.500. The van der Waals surface area contributed by atoms with Crippen LogP contribution >= 0.6 is 34.8 Å². The Labute approximate surface area is 156 Å². The standard InChI is InChI=1S/C16H19Cl3N2O3/c1-10(17)16(23)21-6-4-12(5-7-21)20-15(22)9-24-14-3-2-11(18)8-13(14)19/h2-3,8,10,12H,4-7,9H2,1H3,(H,20,22). The minimum Gasteiger partial charge on any atom is -0.482 e. The van der Waals surface area contributed by atoms with Gasteiger partial charge in [0.05, 0.1) is 5.02 Å². The lowest BCUT2D eigenvalue weighted by Gasteiger charge is -2.33. The largest absolute Gasteiger partial charge is 0.482 e. The van der Waals surface area contributed by atoms with Gasteiger partial charge in [0.2, 0.25) is 5.91 Å². The Hall–Kier alpha value is -1.17. The normalized spacial score (nSPS) is 16.6. The van der Waals surface area contributed by atoms with E-state index in [1.54, 1.807) is 30.0 Å². The number of nitrogens with zero attached hydrogens (tertiary/aromatic N) is 1. The van der Waals surface area contributed by atoms with Crippen LogP contribution in [0.25, 0.3) is 0 Å². The first-order valence-electron chi connectivity index (χ1n) is 7.67. The summed E-state index contributed by atoms with van der Waals surface area (Å²) < 4.78 is 5.40. The van der Waals surface area contributed by atoms with Crippen molar-refractivity contribution in [2.45, 2.75) is 31.2 Å². The van der Waals surface area contributed by atoms with Crippen molar-refractivity contribution in [3.8, 4) is 5.75 Å². The Morgan fingerprint density at radius 3 is 2.58 bits per heavy atom. The van der Waals surface area contributed by atoms with Crippen LogP contribution in [-0.2, 0) is 9.59 Å². The molecule has 1 N–H and O–H groups in total. The van der Waals surface area contributed by atoms with Crippen molar-refractivity contribution in [3.05, 3.63) is 28.2 Å². The Balaban J connectivity index is 1.75. The predicted octanol–water partition coefficient (Wildman–Crippen LogP) is 3.11. The molecule has 1 unspecified atom stereocenters. The lowest BCUT2D eigenvalue weighted by Crippen LogP contribution is -2.48. The van der Waals surface area contributed by atoms with E-state index >= 15 is 0 Å². The number of carbonyl (C=O) groups is 2. The Kier molecular flexibility index (Phi) is 7.02. The van der Waals surface area contributed by atoms with E-state index in [1.807, 2.05) is 0 Å². The smallest absolute Gasteiger partial charge is 0.258 e. The molecule has 2 rings (SSSR count). The monoisotopic (exact) mass is 392 g/mol. The summed E-state index contributed by atoms with van der Waals surface area (Å²) in [4.78, 5) is 25.5. The summed E-state index contributed by atoms with van der Waals surface area (Å²) in [5.41, 5.74) is 0. The Morgan fingerprint density at radius 2 is 2.00 bits per heavy atom. The van der Waals surface area contributed by atoms with E-state index in [2.05, 4.69) is 5.32 Å². The zero-order chi connectivity index (χ0) is 17.7. The van der Waals surface area contributed by atoms with E-state index in [0.717, 1.165) is 0 Å². The highest BCUT2D eigenvalue weighted by Crippen LogP contribution is 2.27. The molecule has 2 amide bonds. The van der Waals surface area contributed by atoms with E-state index in [-0.39, 0.29) is 24.5 Å². The highest BCUT2D eigenvalue weighted by molar-refractivity contribution is 6.35. The SMILES string of the molecule is CC(Cl)C(=O)N1CCC(NC(=O)COc2ccc(Cl)cc2Cl)CC1. The molecule has 1 heterocycles. The highest BCUT2D eigenvalue weighted by atomic mass is 35.5. The Bertz CT molecular complexity index is 602. The van der Waals surface area contributed by atoms with Gasteiger partial charge in [-0.1, -0.05) is 23.2 Å². The van der Waals surface area contributed by atoms with Crippen LogP contribution in [0.2, 0.25) is 10.0 Å². The van der Waals surface area contributed by atoms with Crippen molar-refractivity contribution < 1.29 is 14.3 Å². The number of hydrogen-bond donors (Lipinski definition) is 1. The second kappa shape index (κ2) is 8.79.